The van der Waals surface area contributed by atoms with Gasteiger partial charge in [0.05, 0.1) is 0 Å². The van der Waals surface area contributed by atoms with Crippen LogP contribution >= 0.6 is 0 Å². The van der Waals surface area contributed by atoms with E-state index in [4.69, 9.17) is 4.74 Å². The Morgan fingerprint density at radius 2 is 1.94 bits per heavy atom. The van der Waals surface area contributed by atoms with Crippen molar-refractivity contribution in [3.05, 3.63) is 0 Å². The first kappa shape index (κ1) is 13.8. The summed E-state index contributed by atoms with van der Waals surface area (Å²) in [6, 6.07) is 0. The van der Waals surface area contributed by atoms with E-state index in [1.165, 1.54) is 0 Å². The van der Waals surface area contributed by atoms with Crippen molar-refractivity contribution < 1.29 is 19.4 Å². The number of ether oxygens (including phenoxy) is 1. The van der Waals surface area contributed by atoms with Crippen LogP contribution in [0, 0.1) is 11.8 Å². The van der Waals surface area contributed by atoms with E-state index >= 15 is 0 Å². The molecule has 0 saturated carbocycles. The summed E-state index contributed by atoms with van der Waals surface area (Å²) in [6.07, 6.45) is 0.0593. The van der Waals surface area contributed by atoms with Gasteiger partial charge in [0.25, 0.3) is 0 Å². The molecule has 98 valence electrons. The topological polar surface area (TPSA) is 69.7 Å². The third-order valence-electron chi connectivity index (χ3n) is 2.86. The second kappa shape index (κ2) is 4.94. The van der Waals surface area contributed by atoms with E-state index < -0.39 is 17.5 Å². The van der Waals surface area contributed by atoms with Gasteiger partial charge in [-0.05, 0) is 33.1 Å². The van der Waals surface area contributed by atoms with Gasteiger partial charge in [-0.1, -0.05) is 6.92 Å². The first-order valence-corrected chi connectivity index (χ1v) is 5.89. The fraction of sp³-hybridized carbons (Fsp3) is 0.833. The van der Waals surface area contributed by atoms with Crippen LogP contribution < -0.4 is 5.11 Å². The molecule has 1 fully saturated rings. The van der Waals surface area contributed by atoms with Crippen molar-refractivity contribution in [3.63, 3.8) is 0 Å². The Labute approximate surface area is 102 Å². The molecule has 1 heterocycles. The van der Waals surface area contributed by atoms with Gasteiger partial charge in [0.15, 0.2) is 0 Å². The van der Waals surface area contributed by atoms with Crippen LogP contribution in [0.25, 0.3) is 0 Å². The van der Waals surface area contributed by atoms with Crippen LogP contribution in [-0.2, 0) is 9.53 Å². The zero-order valence-electron chi connectivity index (χ0n) is 10.9. The van der Waals surface area contributed by atoms with Crippen molar-refractivity contribution in [3.8, 4) is 0 Å². The predicted octanol–water partition coefficient (Wildman–Crippen LogP) is 0.629. The first-order valence-electron chi connectivity index (χ1n) is 5.89. The minimum Gasteiger partial charge on any atom is -0.550 e. The second-order valence-electron chi connectivity index (χ2n) is 5.62. The lowest BCUT2D eigenvalue weighted by Gasteiger charge is -2.37. The monoisotopic (exact) mass is 242 g/mol. The molecule has 0 aromatic heterocycles. The van der Waals surface area contributed by atoms with Gasteiger partial charge in [0, 0.05) is 25.0 Å². The van der Waals surface area contributed by atoms with Gasteiger partial charge >= 0.3 is 6.09 Å². The number of likely N-dealkylation sites (tertiary alicyclic amines) is 1. The molecule has 1 aliphatic heterocycles. The number of nitrogens with zero attached hydrogens (tertiary/aromatic N) is 1. The molecule has 2 unspecified atom stereocenters. The summed E-state index contributed by atoms with van der Waals surface area (Å²) < 4.78 is 5.25. The smallest absolute Gasteiger partial charge is 0.410 e. The van der Waals surface area contributed by atoms with Crippen LogP contribution in [0.3, 0.4) is 0 Å². The number of hydrogen-bond acceptors (Lipinski definition) is 4. The maximum Gasteiger partial charge on any atom is 0.410 e. The highest BCUT2D eigenvalue weighted by Gasteiger charge is 2.31. The largest absolute Gasteiger partial charge is 0.550 e. The molecule has 1 aliphatic rings. The normalized spacial score (nSPS) is 25.5. The highest BCUT2D eigenvalue weighted by Crippen LogP contribution is 2.24. The van der Waals surface area contributed by atoms with Gasteiger partial charge in [-0.3, -0.25) is 0 Å². The summed E-state index contributed by atoms with van der Waals surface area (Å²) >= 11 is 0. The summed E-state index contributed by atoms with van der Waals surface area (Å²) in [5.74, 6) is -1.59. The van der Waals surface area contributed by atoms with Gasteiger partial charge < -0.3 is 19.5 Å². The molecule has 0 radical (unpaired) electrons. The molecule has 0 aromatic carbocycles. The number of amides is 1. The lowest BCUT2D eigenvalue weighted by atomic mass is 9.87. The summed E-state index contributed by atoms with van der Waals surface area (Å²) in [7, 11) is 0. The van der Waals surface area contributed by atoms with Gasteiger partial charge in [-0.15, -0.1) is 0 Å². The third kappa shape index (κ3) is 3.91. The van der Waals surface area contributed by atoms with Crippen molar-refractivity contribution in [1.82, 2.24) is 4.90 Å². The number of rotatable bonds is 1. The minimum absolute atomic E-state index is 0.0960. The molecule has 5 heteroatoms. The van der Waals surface area contributed by atoms with E-state index in [-0.39, 0.29) is 12.0 Å². The van der Waals surface area contributed by atoms with E-state index in [1.807, 2.05) is 27.7 Å². The van der Waals surface area contributed by atoms with E-state index in [0.29, 0.717) is 19.5 Å². The molecule has 2 atom stereocenters. The molecule has 1 saturated heterocycles. The molecule has 0 bridgehead atoms. The van der Waals surface area contributed by atoms with E-state index in [0.717, 1.165) is 0 Å². The Morgan fingerprint density at radius 3 is 2.35 bits per heavy atom. The molecule has 5 nitrogen and oxygen atoms in total. The molecule has 1 rings (SSSR count). The molecule has 0 aliphatic carbocycles. The molecular weight excluding hydrogens is 222 g/mol. The number of carboxylic acids is 1. The van der Waals surface area contributed by atoms with E-state index in [9.17, 15) is 14.7 Å². The van der Waals surface area contributed by atoms with E-state index in [1.54, 1.807) is 4.90 Å². The van der Waals surface area contributed by atoms with Crippen LogP contribution in [0.2, 0.25) is 0 Å². The van der Waals surface area contributed by atoms with Gasteiger partial charge in [-0.2, -0.15) is 0 Å². The molecule has 0 aromatic rings. The Bertz CT molecular complexity index is 308. The van der Waals surface area contributed by atoms with Crippen molar-refractivity contribution in [2.45, 2.75) is 39.7 Å². The minimum atomic E-state index is -1.03. The molecule has 17 heavy (non-hydrogen) atoms. The zero-order valence-corrected chi connectivity index (χ0v) is 10.9. The Kier molecular flexibility index (Phi) is 4.01. The highest BCUT2D eigenvalue weighted by atomic mass is 16.6. The van der Waals surface area contributed by atoms with Crippen LogP contribution in [0.15, 0.2) is 0 Å². The summed E-state index contributed by atoms with van der Waals surface area (Å²) in [5.41, 5.74) is -0.522. The summed E-state index contributed by atoms with van der Waals surface area (Å²) in [5, 5.41) is 10.8. The average Bonchev–Trinajstić information content (AvgIpc) is 2.14. The van der Waals surface area contributed by atoms with Crippen LogP contribution in [0.4, 0.5) is 4.79 Å². The molecular formula is C12H20NO4-. The quantitative estimate of drug-likeness (QED) is 0.676. The molecule has 0 N–H and O–H groups in total. The molecule has 0 spiro atoms. The fourth-order valence-electron chi connectivity index (χ4n) is 1.99. The maximum absolute atomic E-state index is 11.8. The van der Waals surface area contributed by atoms with Crippen molar-refractivity contribution in [2.75, 3.05) is 13.1 Å². The third-order valence-corrected chi connectivity index (χ3v) is 2.86. The summed E-state index contributed by atoms with van der Waals surface area (Å²) in [4.78, 5) is 24.2. The Balaban J connectivity index is 2.55. The summed E-state index contributed by atoms with van der Waals surface area (Å²) in [6.45, 7) is 8.06. The maximum atomic E-state index is 11.8. The number of carbonyl (C=O) groups is 2. The number of carbonyl (C=O) groups excluding carboxylic acids is 2. The highest BCUT2D eigenvalue weighted by molar-refractivity contribution is 5.71. The standard InChI is InChI=1S/C12H21NO4/c1-8-7-13(6-5-9(8)10(14)15)11(16)17-12(2,3)4/h8-9H,5-7H2,1-4H3,(H,14,15)/p-1. The average molecular weight is 242 g/mol. The fourth-order valence-corrected chi connectivity index (χ4v) is 1.99. The van der Waals surface area contributed by atoms with Gasteiger partial charge in [-0.25, -0.2) is 4.79 Å². The number of aliphatic carboxylic acids is 1. The van der Waals surface area contributed by atoms with Gasteiger partial charge in [0.1, 0.15) is 5.60 Å². The van der Waals surface area contributed by atoms with Crippen molar-refractivity contribution in [1.29, 1.82) is 0 Å². The van der Waals surface area contributed by atoms with Crippen molar-refractivity contribution in [2.24, 2.45) is 11.8 Å². The van der Waals surface area contributed by atoms with Crippen LogP contribution in [-0.4, -0.2) is 35.7 Å². The van der Waals surface area contributed by atoms with Crippen LogP contribution in [0.5, 0.6) is 0 Å². The van der Waals surface area contributed by atoms with Crippen LogP contribution in [0.1, 0.15) is 34.1 Å². The second-order valence-corrected chi connectivity index (χ2v) is 5.62. The zero-order chi connectivity index (χ0) is 13.2. The number of hydrogen-bond donors (Lipinski definition) is 0. The number of carboxylic acid groups (broad SMARTS) is 1. The Morgan fingerprint density at radius 1 is 1.35 bits per heavy atom. The SMILES string of the molecule is CC1CN(C(=O)OC(C)(C)C)CCC1C(=O)[O-]. The lowest BCUT2D eigenvalue weighted by Crippen LogP contribution is -2.49. The van der Waals surface area contributed by atoms with Crippen molar-refractivity contribution >= 4 is 12.1 Å². The Hall–Kier alpha value is -1.26. The van der Waals surface area contributed by atoms with Gasteiger partial charge in [0.2, 0.25) is 0 Å². The lowest BCUT2D eigenvalue weighted by molar-refractivity contribution is -0.314. The molecule has 1 amide bonds. The predicted molar refractivity (Wildman–Crippen MR) is 60.1 cm³/mol. The first-order chi connectivity index (χ1) is 7.70. The number of piperidine rings is 1. The van der Waals surface area contributed by atoms with E-state index in [2.05, 4.69) is 0 Å².